The number of anilines is 2. The summed E-state index contributed by atoms with van der Waals surface area (Å²) in [5.74, 6) is -0.195. The first-order valence-corrected chi connectivity index (χ1v) is 9.84. The molecule has 0 radical (unpaired) electrons. The molecule has 7 nitrogen and oxygen atoms in total. The van der Waals surface area contributed by atoms with E-state index in [4.69, 9.17) is 5.73 Å². The number of carbonyl (C=O) groups is 2. The third-order valence-corrected chi connectivity index (χ3v) is 5.96. The van der Waals surface area contributed by atoms with Gasteiger partial charge in [0.2, 0.25) is 5.91 Å². The second-order valence-corrected chi connectivity index (χ2v) is 8.12. The van der Waals surface area contributed by atoms with Crippen LogP contribution in [0.15, 0.2) is 35.4 Å². The van der Waals surface area contributed by atoms with Gasteiger partial charge in [-0.15, -0.1) is 11.3 Å². The van der Waals surface area contributed by atoms with E-state index in [2.05, 4.69) is 22.3 Å². The minimum atomic E-state index is -0.668. The van der Waals surface area contributed by atoms with Crippen molar-refractivity contribution < 1.29 is 9.59 Å². The fourth-order valence-corrected chi connectivity index (χ4v) is 4.62. The lowest BCUT2D eigenvalue weighted by atomic mass is 9.93. The van der Waals surface area contributed by atoms with Crippen LogP contribution in [-0.2, 0) is 22.4 Å². The Balaban J connectivity index is 1.52. The fraction of sp³-hybridized carbons (Fsp3) is 0.368. The molecule has 2 aromatic rings. The molecule has 140 valence electrons. The summed E-state index contributed by atoms with van der Waals surface area (Å²) in [7, 11) is 0. The number of nitrogens with zero attached hydrogens (tertiary/aromatic N) is 3. The highest BCUT2D eigenvalue weighted by molar-refractivity contribution is 7.16. The molecular weight excluding hydrogens is 362 g/mol. The van der Waals surface area contributed by atoms with Gasteiger partial charge < -0.3 is 5.73 Å². The summed E-state index contributed by atoms with van der Waals surface area (Å²) in [6.45, 7) is 2.23. The summed E-state index contributed by atoms with van der Waals surface area (Å²) < 4.78 is 0. The van der Waals surface area contributed by atoms with E-state index in [9.17, 15) is 9.59 Å². The second-order valence-electron chi connectivity index (χ2n) is 7.04. The Morgan fingerprint density at radius 2 is 2.04 bits per heavy atom. The number of amides is 2. The van der Waals surface area contributed by atoms with Crippen molar-refractivity contribution in [3.63, 3.8) is 0 Å². The number of rotatable bonds is 4. The highest BCUT2D eigenvalue weighted by Crippen LogP contribution is 2.32. The van der Waals surface area contributed by atoms with E-state index in [0.717, 1.165) is 30.6 Å². The van der Waals surface area contributed by atoms with Gasteiger partial charge in [0, 0.05) is 11.3 Å². The fourth-order valence-electron chi connectivity index (χ4n) is 3.45. The molecule has 0 saturated heterocycles. The molecule has 1 aliphatic heterocycles. The molecule has 2 aliphatic rings. The lowest BCUT2D eigenvalue weighted by Crippen LogP contribution is -2.39. The van der Waals surface area contributed by atoms with Gasteiger partial charge in [-0.2, -0.15) is 5.10 Å². The molecular formula is C19H21N5O2S. The summed E-state index contributed by atoms with van der Waals surface area (Å²) in [5.41, 5.74) is 7.62. The van der Waals surface area contributed by atoms with E-state index >= 15 is 0 Å². The highest BCUT2D eigenvalue weighted by Gasteiger charge is 2.35. The van der Waals surface area contributed by atoms with Crippen molar-refractivity contribution in [2.24, 2.45) is 16.8 Å². The van der Waals surface area contributed by atoms with Crippen molar-refractivity contribution in [3.8, 4) is 0 Å². The van der Waals surface area contributed by atoms with Gasteiger partial charge in [0.1, 0.15) is 11.8 Å². The van der Waals surface area contributed by atoms with Crippen LogP contribution in [0.3, 0.4) is 0 Å². The van der Waals surface area contributed by atoms with Crippen LogP contribution in [0.4, 0.5) is 10.8 Å². The number of nitrogens with two attached hydrogens (primary N) is 1. The van der Waals surface area contributed by atoms with Gasteiger partial charge in [-0.05, 0) is 37.3 Å². The molecule has 0 saturated carbocycles. The summed E-state index contributed by atoms with van der Waals surface area (Å²) in [5, 5.41) is 9.32. The van der Waals surface area contributed by atoms with E-state index in [1.807, 2.05) is 30.3 Å². The minimum absolute atomic E-state index is 0.179. The van der Waals surface area contributed by atoms with E-state index in [1.165, 1.54) is 21.2 Å². The van der Waals surface area contributed by atoms with E-state index in [0.29, 0.717) is 11.0 Å². The zero-order valence-corrected chi connectivity index (χ0v) is 15.8. The summed E-state index contributed by atoms with van der Waals surface area (Å²) in [4.78, 5) is 30.3. The molecule has 2 heterocycles. The van der Waals surface area contributed by atoms with Crippen molar-refractivity contribution in [1.29, 1.82) is 0 Å². The highest BCUT2D eigenvalue weighted by atomic mass is 32.1. The van der Waals surface area contributed by atoms with Gasteiger partial charge in [0.05, 0.1) is 11.4 Å². The number of primary amides is 1. The predicted octanol–water partition coefficient (Wildman–Crippen LogP) is 2.33. The Hall–Kier alpha value is -2.74. The Labute approximate surface area is 161 Å². The van der Waals surface area contributed by atoms with E-state index in [-0.39, 0.29) is 18.0 Å². The van der Waals surface area contributed by atoms with Crippen LogP contribution in [0.2, 0.25) is 0 Å². The van der Waals surface area contributed by atoms with Crippen LogP contribution in [0, 0.1) is 5.92 Å². The standard InChI is InChI=1S/C19H21N5O2S/c1-11-7-8-13-16(9-11)27-19(21-13)22-18(26)14-10-15(17(20)25)24(23-14)12-5-3-2-4-6-12/h2-6,11,15H,7-10H2,1H3,(H2,20,25)(H,21,22,26)/t11-,15+/m1/s1. The van der Waals surface area contributed by atoms with Crippen molar-refractivity contribution in [3.05, 3.63) is 40.9 Å². The topological polar surface area (TPSA) is 101 Å². The maximum Gasteiger partial charge on any atom is 0.273 e. The molecule has 0 bridgehead atoms. The monoisotopic (exact) mass is 383 g/mol. The molecule has 27 heavy (non-hydrogen) atoms. The summed E-state index contributed by atoms with van der Waals surface area (Å²) in [6, 6.07) is 8.57. The van der Waals surface area contributed by atoms with Crippen molar-refractivity contribution in [2.45, 2.75) is 38.6 Å². The lowest BCUT2D eigenvalue weighted by Gasteiger charge is -2.20. The van der Waals surface area contributed by atoms with Crippen LogP contribution in [-0.4, -0.2) is 28.6 Å². The molecule has 2 atom stereocenters. The number of hydrazone groups is 1. The van der Waals surface area contributed by atoms with Gasteiger partial charge in [-0.25, -0.2) is 4.98 Å². The van der Waals surface area contributed by atoms with Crippen molar-refractivity contribution in [2.75, 3.05) is 10.3 Å². The quantitative estimate of drug-likeness (QED) is 0.846. The number of carbonyl (C=O) groups excluding carboxylic acids is 2. The van der Waals surface area contributed by atoms with Crippen LogP contribution in [0.25, 0.3) is 0 Å². The van der Waals surface area contributed by atoms with Gasteiger partial charge >= 0.3 is 0 Å². The molecule has 0 fully saturated rings. The predicted molar refractivity (Wildman–Crippen MR) is 106 cm³/mol. The SMILES string of the molecule is C[C@@H]1CCc2nc(NC(=O)C3=NN(c4ccccc4)[C@H](C(N)=O)C3)sc2C1. The molecule has 1 aromatic carbocycles. The molecule has 2 amide bonds. The number of benzene rings is 1. The molecule has 1 aliphatic carbocycles. The molecule has 3 N–H and O–H groups in total. The first-order chi connectivity index (χ1) is 13.0. The van der Waals surface area contributed by atoms with Gasteiger partial charge in [0.15, 0.2) is 5.13 Å². The molecule has 1 aromatic heterocycles. The average molecular weight is 383 g/mol. The Morgan fingerprint density at radius 1 is 1.26 bits per heavy atom. The smallest absolute Gasteiger partial charge is 0.273 e. The summed E-state index contributed by atoms with van der Waals surface area (Å²) >= 11 is 1.53. The Morgan fingerprint density at radius 3 is 2.78 bits per heavy atom. The van der Waals surface area contributed by atoms with Gasteiger partial charge in [-0.1, -0.05) is 25.1 Å². The molecule has 4 rings (SSSR count). The van der Waals surface area contributed by atoms with Gasteiger partial charge in [-0.3, -0.25) is 19.9 Å². The summed E-state index contributed by atoms with van der Waals surface area (Å²) in [6.07, 6.45) is 3.27. The first kappa shape index (κ1) is 17.7. The third kappa shape index (κ3) is 3.57. The van der Waals surface area contributed by atoms with E-state index < -0.39 is 11.9 Å². The number of hydrogen-bond acceptors (Lipinski definition) is 6. The van der Waals surface area contributed by atoms with Crippen molar-refractivity contribution in [1.82, 2.24) is 4.98 Å². The average Bonchev–Trinajstić information content (AvgIpc) is 3.26. The Bertz CT molecular complexity index is 908. The molecule has 8 heteroatoms. The normalized spacial score (nSPS) is 21.5. The molecule has 0 unspecified atom stereocenters. The van der Waals surface area contributed by atoms with Crippen molar-refractivity contribution >= 4 is 39.7 Å². The number of fused-ring (bicyclic) bond motifs is 1. The number of para-hydroxylation sites is 1. The van der Waals surface area contributed by atoms with Crippen LogP contribution < -0.4 is 16.1 Å². The molecule has 0 spiro atoms. The maximum atomic E-state index is 12.7. The zero-order chi connectivity index (χ0) is 19.0. The lowest BCUT2D eigenvalue weighted by molar-refractivity contribution is -0.119. The zero-order valence-electron chi connectivity index (χ0n) is 15.0. The minimum Gasteiger partial charge on any atom is -0.368 e. The number of thiazole rings is 1. The van der Waals surface area contributed by atoms with Gasteiger partial charge in [0.25, 0.3) is 5.91 Å². The maximum absolute atomic E-state index is 12.7. The largest absolute Gasteiger partial charge is 0.368 e. The van der Waals surface area contributed by atoms with Crippen LogP contribution in [0.1, 0.15) is 30.3 Å². The number of aryl methyl sites for hydroxylation is 1. The Kier molecular flexibility index (Phi) is 4.65. The third-order valence-electron chi connectivity index (χ3n) is 4.93. The van der Waals surface area contributed by atoms with Crippen LogP contribution in [0.5, 0.6) is 0 Å². The second kappa shape index (κ2) is 7.11. The van der Waals surface area contributed by atoms with Crippen LogP contribution >= 0.6 is 11.3 Å². The first-order valence-electron chi connectivity index (χ1n) is 9.02. The number of aromatic nitrogens is 1. The number of hydrogen-bond donors (Lipinski definition) is 2. The number of nitrogens with one attached hydrogen (secondary N) is 1. The van der Waals surface area contributed by atoms with E-state index in [1.54, 1.807) is 0 Å².